The molecule has 1 N–H and O–H groups in total. The molecule has 1 aromatic rings. The van der Waals surface area contributed by atoms with Crippen LogP contribution in [0.5, 0.6) is 0 Å². The van der Waals surface area contributed by atoms with E-state index in [1.807, 2.05) is 13.0 Å². The fourth-order valence-corrected chi connectivity index (χ4v) is 2.13. The number of nitrogens with zero attached hydrogens (tertiary/aromatic N) is 3. The standard InChI is InChI=1S/C11H16ClN3O2/c1-7-3-10(14-11(12)13-7)15-4-9(5-16)17-6-8(15)2/h3,8-9,16H,4-6H2,1-2H3. The molecule has 1 aliphatic rings. The molecule has 94 valence electrons. The summed E-state index contributed by atoms with van der Waals surface area (Å²) in [6.45, 7) is 5.14. The summed E-state index contributed by atoms with van der Waals surface area (Å²) in [6, 6.07) is 2.10. The summed E-state index contributed by atoms with van der Waals surface area (Å²) in [6.07, 6.45) is -0.166. The Morgan fingerprint density at radius 2 is 2.35 bits per heavy atom. The lowest BCUT2D eigenvalue weighted by Crippen LogP contribution is -2.50. The van der Waals surface area contributed by atoms with E-state index in [0.717, 1.165) is 11.5 Å². The fraction of sp³-hybridized carbons (Fsp3) is 0.636. The molecule has 17 heavy (non-hydrogen) atoms. The van der Waals surface area contributed by atoms with E-state index < -0.39 is 0 Å². The maximum absolute atomic E-state index is 9.14. The van der Waals surface area contributed by atoms with Gasteiger partial charge in [-0.3, -0.25) is 0 Å². The van der Waals surface area contributed by atoms with E-state index in [-0.39, 0.29) is 24.0 Å². The molecule has 0 aliphatic carbocycles. The van der Waals surface area contributed by atoms with Crippen LogP contribution in [0.2, 0.25) is 5.28 Å². The number of anilines is 1. The average molecular weight is 258 g/mol. The maximum atomic E-state index is 9.14. The van der Waals surface area contributed by atoms with Gasteiger partial charge in [0.15, 0.2) is 0 Å². The van der Waals surface area contributed by atoms with Gasteiger partial charge in [0, 0.05) is 18.3 Å². The molecule has 1 aliphatic heterocycles. The number of aryl methyl sites for hydroxylation is 1. The van der Waals surface area contributed by atoms with Gasteiger partial charge in [-0.25, -0.2) is 9.97 Å². The van der Waals surface area contributed by atoms with Crippen molar-refractivity contribution in [3.8, 4) is 0 Å². The van der Waals surface area contributed by atoms with Crippen LogP contribution >= 0.6 is 11.6 Å². The number of aliphatic hydroxyl groups excluding tert-OH is 1. The first-order valence-corrected chi connectivity index (χ1v) is 5.98. The van der Waals surface area contributed by atoms with Gasteiger partial charge in [0.25, 0.3) is 0 Å². The predicted molar refractivity (Wildman–Crippen MR) is 65.4 cm³/mol. The third-order valence-electron chi connectivity index (χ3n) is 2.82. The summed E-state index contributed by atoms with van der Waals surface area (Å²) >= 11 is 5.86. The van der Waals surface area contributed by atoms with Gasteiger partial charge in [0.05, 0.1) is 25.4 Å². The van der Waals surface area contributed by atoms with Gasteiger partial charge in [0.1, 0.15) is 5.82 Å². The number of ether oxygens (including phenoxy) is 1. The summed E-state index contributed by atoms with van der Waals surface area (Å²) in [5, 5.41) is 9.39. The minimum atomic E-state index is -0.166. The second kappa shape index (κ2) is 5.16. The van der Waals surface area contributed by atoms with Crippen LogP contribution < -0.4 is 4.90 Å². The summed E-state index contributed by atoms with van der Waals surface area (Å²) < 4.78 is 5.48. The number of aromatic nitrogens is 2. The van der Waals surface area contributed by atoms with E-state index in [1.54, 1.807) is 0 Å². The summed E-state index contributed by atoms with van der Waals surface area (Å²) in [7, 11) is 0. The molecule has 2 unspecified atom stereocenters. The monoisotopic (exact) mass is 257 g/mol. The number of halogens is 1. The van der Waals surface area contributed by atoms with Gasteiger partial charge in [-0.1, -0.05) is 0 Å². The van der Waals surface area contributed by atoms with Crippen LogP contribution in [0, 0.1) is 6.92 Å². The Bertz CT molecular complexity index is 382. The van der Waals surface area contributed by atoms with Crippen molar-refractivity contribution in [2.45, 2.75) is 26.0 Å². The molecule has 2 atom stereocenters. The normalized spacial score (nSPS) is 25.1. The zero-order valence-corrected chi connectivity index (χ0v) is 10.7. The molecule has 5 nitrogen and oxygen atoms in total. The fourth-order valence-electron chi connectivity index (χ4n) is 1.91. The Labute approximate surface area is 105 Å². The van der Waals surface area contributed by atoms with Gasteiger partial charge in [0.2, 0.25) is 5.28 Å². The lowest BCUT2D eigenvalue weighted by atomic mass is 10.2. The molecule has 0 aromatic carbocycles. The lowest BCUT2D eigenvalue weighted by molar-refractivity contribution is -0.0105. The Morgan fingerprint density at radius 3 is 3.00 bits per heavy atom. The molecule has 2 heterocycles. The molecule has 0 radical (unpaired) electrons. The number of hydrogen-bond acceptors (Lipinski definition) is 5. The van der Waals surface area contributed by atoms with Gasteiger partial charge in [-0.15, -0.1) is 0 Å². The van der Waals surface area contributed by atoms with Crippen LogP contribution in [0.1, 0.15) is 12.6 Å². The Hall–Kier alpha value is -0.910. The van der Waals surface area contributed by atoms with Crippen LogP contribution in [0.4, 0.5) is 5.82 Å². The maximum Gasteiger partial charge on any atom is 0.224 e. The minimum Gasteiger partial charge on any atom is -0.394 e. The molecule has 6 heteroatoms. The van der Waals surface area contributed by atoms with Crippen molar-refractivity contribution in [2.75, 3.05) is 24.7 Å². The summed E-state index contributed by atoms with van der Waals surface area (Å²) in [4.78, 5) is 10.3. The molecule has 0 spiro atoms. The van der Waals surface area contributed by atoms with Gasteiger partial charge in [-0.2, -0.15) is 0 Å². The topological polar surface area (TPSA) is 58.5 Å². The van der Waals surface area contributed by atoms with Crippen molar-refractivity contribution >= 4 is 17.4 Å². The second-order valence-corrected chi connectivity index (χ2v) is 4.61. The summed E-state index contributed by atoms with van der Waals surface area (Å²) in [5.41, 5.74) is 0.833. The zero-order chi connectivity index (χ0) is 12.4. The Morgan fingerprint density at radius 1 is 1.59 bits per heavy atom. The number of rotatable bonds is 2. The minimum absolute atomic E-state index is 0.0149. The quantitative estimate of drug-likeness (QED) is 0.802. The smallest absolute Gasteiger partial charge is 0.224 e. The molecular weight excluding hydrogens is 242 g/mol. The molecule has 2 rings (SSSR count). The lowest BCUT2D eigenvalue weighted by Gasteiger charge is -2.38. The molecule has 1 fully saturated rings. The van der Waals surface area contributed by atoms with Crippen LogP contribution in [0.3, 0.4) is 0 Å². The number of morpholine rings is 1. The molecule has 0 amide bonds. The van der Waals surface area contributed by atoms with Crippen molar-refractivity contribution in [3.63, 3.8) is 0 Å². The van der Waals surface area contributed by atoms with Crippen molar-refractivity contribution in [1.82, 2.24) is 9.97 Å². The van der Waals surface area contributed by atoms with E-state index >= 15 is 0 Å². The predicted octanol–water partition coefficient (Wildman–Crippen LogP) is 1.02. The Kier molecular flexibility index (Phi) is 3.81. The first-order valence-electron chi connectivity index (χ1n) is 5.60. The highest BCUT2D eigenvalue weighted by atomic mass is 35.5. The molecule has 0 saturated carbocycles. The van der Waals surface area contributed by atoms with E-state index in [4.69, 9.17) is 21.4 Å². The first-order chi connectivity index (χ1) is 8.10. The third kappa shape index (κ3) is 2.86. The van der Waals surface area contributed by atoms with Crippen LogP contribution in [-0.4, -0.2) is 47.0 Å². The van der Waals surface area contributed by atoms with E-state index in [2.05, 4.69) is 21.8 Å². The van der Waals surface area contributed by atoms with Crippen molar-refractivity contribution < 1.29 is 9.84 Å². The van der Waals surface area contributed by atoms with Gasteiger partial charge in [-0.05, 0) is 25.4 Å². The highest BCUT2D eigenvalue weighted by molar-refractivity contribution is 6.28. The van der Waals surface area contributed by atoms with Crippen molar-refractivity contribution in [3.05, 3.63) is 17.0 Å². The van der Waals surface area contributed by atoms with Crippen molar-refractivity contribution in [1.29, 1.82) is 0 Å². The first kappa shape index (κ1) is 12.5. The van der Waals surface area contributed by atoms with E-state index in [0.29, 0.717) is 13.2 Å². The van der Waals surface area contributed by atoms with Gasteiger partial charge < -0.3 is 14.7 Å². The van der Waals surface area contributed by atoms with Gasteiger partial charge >= 0.3 is 0 Å². The molecular formula is C11H16ClN3O2. The highest BCUT2D eigenvalue weighted by Crippen LogP contribution is 2.21. The highest BCUT2D eigenvalue weighted by Gasteiger charge is 2.26. The zero-order valence-electron chi connectivity index (χ0n) is 9.93. The SMILES string of the molecule is Cc1cc(N2CC(CO)OCC2C)nc(Cl)n1. The van der Waals surface area contributed by atoms with E-state index in [9.17, 15) is 0 Å². The molecule has 0 bridgehead atoms. The largest absolute Gasteiger partial charge is 0.394 e. The van der Waals surface area contributed by atoms with Crippen LogP contribution in [0.25, 0.3) is 0 Å². The third-order valence-corrected chi connectivity index (χ3v) is 2.99. The Balaban J connectivity index is 2.24. The molecule has 1 aromatic heterocycles. The number of aliphatic hydroxyl groups is 1. The van der Waals surface area contributed by atoms with Crippen LogP contribution in [-0.2, 0) is 4.74 Å². The number of hydrogen-bond donors (Lipinski definition) is 1. The van der Waals surface area contributed by atoms with Crippen molar-refractivity contribution in [2.24, 2.45) is 0 Å². The second-order valence-electron chi connectivity index (χ2n) is 4.28. The van der Waals surface area contributed by atoms with Crippen LogP contribution in [0.15, 0.2) is 6.07 Å². The van der Waals surface area contributed by atoms with E-state index in [1.165, 1.54) is 0 Å². The summed E-state index contributed by atoms with van der Waals surface area (Å²) in [5.74, 6) is 0.789. The molecule has 1 saturated heterocycles. The average Bonchev–Trinajstić information content (AvgIpc) is 2.28.